The minimum atomic E-state index is -3.53. The Morgan fingerprint density at radius 2 is 1.96 bits per heavy atom. The molecule has 1 amide bonds. The van der Waals surface area contributed by atoms with Crippen LogP contribution < -0.4 is 14.4 Å². The largest absolute Gasteiger partial charge is 0.497 e. The van der Waals surface area contributed by atoms with Crippen LogP contribution in [0.25, 0.3) is 0 Å². The Balaban J connectivity index is 1.89. The molecule has 8 heteroatoms. The highest BCUT2D eigenvalue weighted by molar-refractivity contribution is 7.91. The molecule has 0 radical (unpaired) electrons. The number of hydrogen-bond donors (Lipinski definition) is 1. The van der Waals surface area contributed by atoms with Gasteiger partial charge in [-0.3, -0.25) is 4.79 Å². The normalized spacial score (nSPS) is 11.2. The van der Waals surface area contributed by atoms with Gasteiger partial charge < -0.3 is 9.64 Å². The molecule has 0 atom stereocenters. The lowest BCUT2D eigenvalue weighted by molar-refractivity contribution is -0.118. The van der Waals surface area contributed by atoms with Gasteiger partial charge in [-0.25, -0.2) is 13.1 Å². The predicted octanol–water partition coefficient (Wildman–Crippen LogP) is 2.09. The minimum absolute atomic E-state index is 0.0551. The molecule has 0 aliphatic heterocycles. The third kappa shape index (κ3) is 4.54. The van der Waals surface area contributed by atoms with Crippen molar-refractivity contribution in [2.45, 2.75) is 10.6 Å². The first kappa shape index (κ1) is 17.5. The number of rotatable bonds is 7. The van der Waals surface area contributed by atoms with Gasteiger partial charge in [-0.15, -0.1) is 11.3 Å². The maximum Gasteiger partial charge on any atom is 0.250 e. The number of carbonyl (C=O) groups is 1. The lowest BCUT2D eigenvalue weighted by atomic mass is 10.2. The third-order valence-corrected chi connectivity index (χ3v) is 6.08. The molecule has 1 N–H and O–H groups in total. The number of carbonyl (C=O) groups excluding carboxylic acids is 1. The van der Waals surface area contributed by atoms with Crippen molar-refractivity contribution in [1.29, 1.82) is 0 Å². The second-order valence-electron chi connectivity index (χ2n) is 4.73. The zero-order chi connectivity index (χ0) is 16.9. The molecule has 124 valence electrons. The van der Waals surface area contributed by atoms with Crippen LogP contribution in [0, 0.1) is 0 Å². The number of nitrogens with one attached hydrogen (secondary N) is 1. The number of anilines is 1. The number of sulfonamides is 1. The molecule has 0 aliphatic rings. The summed E-state index contributed by atoms with van der Waals surface area (Å²) in [5, 5.41) is 1.69. The fourth-order valence-corrected chi connectivity index (χ4v) is 3.97. The van der Waals surface area contributed by atoms with Crippen LogP contribution in [-0.2, 0) is 14.8 Å². The van der Waals surface area contributed by atoms with Crippen molar-refractivity contribution < 1.29 is 17.9 Å². The first-order valence-electron chi connectivity index (χ1n) is 6.88. The Labute approximate surface area is 139 Å². The topological polar surface area (TPSA) is 75.7 Å². The van der Waals surface area contributed by atoms with Gasteiger partial charge in [-0.2, -0.15) is 0 Å². The van der Waals surface area contributed by atoms with Crippen LogP contribution in [0.1, 0.15) is 6.42 Å². The molecule has 6 nitrogen and oxygen atoms in total. The van der Waals surface area contributed by atoms with Crippen molar-refractivity contribution >= 4 is 33.0 Å². The molecule has 0 unspecified atom stereocenters. The highest BCUT2D eigenvalue weighted by atomic mass is 32.2. The Morgan fingerprint density at radius 3 is 2.52 bits per heavy atom. The Hall–Kier alpha value is -1.90. The van der Waals surface area contributed by atoms with E-state index in [1.54, 1.807) is 49.9 Å². The van der Waals surface area contributed by atoms with Crippen LogP contribution in [0.15, 0.2) is 46.0 Å². The van der Waals surface area contributed by atoms with Crippen molar-refractivity contribution in [2.24, 2.45) is 0 Å². The zero-order valence-corrected chi connectivity index (χ0v) is 14.5. The molecule has 2 aromatic rings. The molecule has 23 heavy (non-hydrogen) atoms. The predicted molar refractivity (Wildman–Crippen MR) is 90.5 cm³/mol. The Kier molecular flexibility index (Phi) is 5.75. The standard InChI is InChI=1S/C15H18N2O4S2/c1-17(12-5-7-13(21-2)8-6-12)14(18)9-10-16-23(19,20)15-4-3-11-22-15/h3-8,11,16H,9-10H2,1-2H3. The van der Waals surface area contributed by atoms with E-state index in [0.29, 0.717) is 5.75 Å². The SMILES string of the molecule is COc1ccc(N(C)C(=O)CCNS(=O)(=O)c2cccs2)cc1. The minimum Gasteiger partial charge on any atom is -0.497 e. The van der Waals surface area contributed by atoms with Gasteiger partial charge in [0.05, 0.1) is 7.11 Å². The van der Waals surface area contributed by atoms with E-state index in [0.717, 1.165) is 17.0 Å². The van der Waals surface area contributed by atoms with Crippen LogP contribution >= 0.6 is 11.3 Å². The summed E-state index contributed by atoms with van der Waals surface area (Å²) in [6.45, 7) is 0.0551. The fraction of sp³-hybridized carbons (Fsp3) is 0.267. The lowest BCUT2D eigenvalue weighted by Crippen LogP contribution is -2.31. The second-order valence-corrected chi connectivity index (χ2v) is 7.67. The number of thiophene rings is 1. The number of amides is 1. The maximum absolute atomic E-state index is 12.1. The molecule has 0 saturated carbocycles. The van der Waals surface area contributed by atoms with E-state index in [1.165, 1.54) is 11.0 Å². The molecule has 1 aromatic carbocycles. The van der Waals surface area contributed by atoms with Gasteiger partial charge in [0.2, 0.25) is 15.9 Å². The Morgan fingerprint density at radius 1 is 1.26 bits per heavy atom. The molecule has 2 rings (SSSR count). The maximum atomic E-state index is 12.1. The van der Waals surface area contributed by atoms with E-state index in [2.05, 4.69) is 4.72 Å². The third-order valence-electron chi connectivity index (χ3n) is 3.22. The van der Waals surface area contributed by atoms with Crippen LogP contribution in [0.2, 0.25) is 0 Å². The van der Waals surface area contributed by atoms with Crippen molar-refractivity contribution in [3.8, 4) is 5.75 Å². The van der Waals surface area contributed by atoms with E-state index in [-0.39, 0.29) is 23.1 Å². The molecular weight excluding hydrogens is 336 g/mol. The van der Waals surface area contributed by atoms with Crippen molar-refractivity contribution in [3.05, 3.63) is 41.8 Å². The summed E-state index contributed by atoms with van der Waals surface area (Å²) in [4.78, 5) is 13.6. The van der Waals surface area contributed by atoms with E-state index >= 15 is 0 Å². The molecule has 0 saturated heterocycles. The van der Waals surface area contributed by atoms with Crippen molar-refractivity contribution in [2.75, 3.05) is 25.6 Å². The average molecular weight is 354 g/mol. The second kappa shape index (κ2) is 7.58. The molecule has 0 aliphatic carbocycles. The van der Waals surface area contributed by atoms with Crippen LogP contribution in [0.5, 0.6) is 5.75 Å². The summed E-state index contributed by atoms with van der Waals surface area (Å²) in [6, 6.07) is 10.3. The average Bonchev–Trinajstić information content (AvgIpc) is 3.09. The first-order chi connectivity index (χ1) is 10.9. The van der Waals surface area contributed by atoms with E-state index in [1.807, 2.05) is 0 Å². The smallest absolute Gasteiger partial charge is 0.250 e. The zero-order valence-electron chi connectivity index (χ0n) is 12.9. The number of hydrogen-bond acceptors (Lipinski definition) is 5. The molecule has 1 heterocycles. The quantitative estimate of drug-likeness (QED) is 0.826. The summed E-state index contributed by atoms with van der Waals surface area (Å²) in [5.74, 6) is 0.530. The van der Waals surface area contributed by atoms with Gasteiger partial charge in [0, 0.05) is 25.7 Å². The summed E-state index contributed by atoms with van der Waals surface area (Å²) in [6.07, 6.45) is 0.0765. The summed E-state index contributed by atoms with van der Waals surface area (Å²) >= 11 is 1.14. The highest BCUT2D eigenvalue weighted by Crippen LogP contribution is 2.19. The van der Waals surface area contributed by atoms with Gasteiger partial charge in [0.25, 0.3) is 0 Å². The van der Waals surface area contributed by atoms with Crippen LogP contribution in [-0.4, -0.2) is 35.0 Å². The lowest BCUT2D eigenvalue weighted by Gasteiger charge is -2.17. The van der Waals surface area contributed by atoms with Crippen LogP contribution in [0.4, 0.5) is 5.69 Å². The van der Waals surface area contributed by atoms with Gasteiger partial charge in [-0.05, 0) is 35.7 Å². The van der Waals surface area contributed by atoms with Crippen LogP contribution in [0.3, 0.4) is 0 Å². The van der Waals surface area contributed by atoms with Crippen molar-refractivity contribution in [3.63, 3.8) is 0 Å². The number of ether oxygens (including phenoxy) is 1. The van der Waals surface area contributed by atoms with Gasteiger partial charge in [0.1, 0.15) is 9.96 Å². The summed E-state index contributed by atoms with van der Waals surface area (Å²) < 4.78 is 31.6. The molecular formula is C15H18N2O4S2. The van der Waals surface area contributed by atoms with E-state index in [9.17, 15) is 13.2 Å². The molecule has 0 bridgehead atoms. The Bertz CT molecular complexity index is 740. The van der Waals surface area contributed by atoms with Crippen molar-refractivity contribution in [1.82, 2.24) is 4.72 Å². The monoisotopic (exact) mass is 354 g/mol. The summed E-state index contributed by atoms with van der Waals surface area (Å²) in [7, 11) is -0.307. The van der Waals surface area contributed by atoms with Gasteiger partial charge in [-0.1, -0.05) is 6.07 Å². The highest BCUT2D eigenvalue weighted by Gasteiger charge is 2.16. The summed E-state index contributed by atoms with van der Waals surface area (Å²) in [5.41, 5.74) is 0.719. The molecule has 1 aromatic heterocycles. The van der Waals surface area contributed by atoms with Gasteiger partial charge in [0.15, 0.2) is 0 Å². The molecule has 0 spiro atoms. The van der Waals surface area contributed by atoms with E-state index in [4.69, 9.17) is 4.74 Å². The molecule has 0 fully saturated rings. The number of nitrogens with zero attached hydrogens (tertiary/aromatic N) is 1. The van der Waals surface area contributed by atoms with Gasteiger partial charge >= 0.3 is 0 Å². The first-order valence-corrected chi connectivity index (χ1v) is 9.24. The number of methoxy groups -OCH3 is 1. The number of benzene rings is 1. The fourth-order valence-electron chi connectivity index (χ4n) is 1.90. The van der Waals surface area contributed by atoms with E-state index < -0.39 is 10.0 Å².